The molecule has 0 amide bonds. The van der Waals surface area contributed by atoms with Gasteiger partial charge in [0.1, 0.15) is 17.4 Å². The number of carbonyl (C=O) groups excluding carboxylic acids is 1. The molecular formula is C21H25FN4O2S. The molecule has 1 aromatic carbocycles. The van der Waals surface area contributed by atoms with Gasteiger partial charge in [-0.05, 0) is 50.2 Å². The van der Waals surface area contributed by atoms with Gasteiger partial charge in [0.25, 0.3) is 0 Å². The number of ether oxygens (including phenoxy) is 1. The number of hydrogen-bond donors (Lipinski definition) is 3. The highest BCUT2D eigenvalue weighted by atomic mass is 32.1. The van der Waals surface area contributed by atoms with Crippen LogP contribution in [0, 0.1) is 5.82 Å². The fraction of sp³-hybridized carbons (Fsp3) is 0.333. The molecule has 0 saturated heterocycles. The Morgan fingerprint density at radius 3 is 2.69 bits per heavy atom. The standard InChI is InChI=1S/C21H25FN4O2S/c1-14(27)13-24-18-12-16(8-9-23-18)20-19(15-4-6-17(22)7-5-15)25-21(2,29)26(20)10-11-28-3/h4-9,12,25,29H,10-11,13H2,1-3H3,(H,23,24). The molecule has 1 unspecified atom stereocenters. The van der Waals surface area contributed by atoms with Gasteiger partial charge in [0, 0.05) is 31.0 Å². The Labute approximate surface area is 175 Å². The van der Waals surface area contributed by atoms with Crippen molar-refractivity contribution in [2.45, 2.75) is 18.8 Å². The lowest BCUT2D eigenvalue weighted by molar-refractivity contribution is -0.115. The third-order valence-corrected chi connectivity index (χ3v) is 4.95. The van der Waals surface area contributed by atoms with Gasteiger partial charge in [-0.3, -0.25) is 4.79 Å². The maximum Gasteiger partial charge on any atom is 0.153 e. The second kappa shape index (κ2) is 8.84. The van der Waals surface area contributed by atoms with Crippen molar-refractivity contribution in [3.05, 3.63) is 59.5 Å². The molecule has 2 aromatic rings. The van der Waals surface area contributed by atoms with Crippen molar-refractivity contribution in [2.24, 2.45) is 0 Å². The number of aromatic nitrogens is 1. The number of nitrogens with one attached hydrogen (secondary N) is 2. The van der Waals surface area contributed by atoms with Gasteiger partial charge in [-0.15, -0.1) is 12.6 Å². The topological polar surface area (TPSA) is 66.5 Å². The molecule has 2 N–H and O–H groups in total. The van der Waals surface area contributed by atoms with Crippen LogP contribution in [0.15, 0.2) is 42.6 Å². The number of methoxy groups -OCH3 is 1. The lowest BCUT2D eigenvalue weighted by Gasteiger charge is -2.34. The van der Waals surface area contributed by atoms with Crippen molar-refractivity contribution in [1.82, 2.24) is 15.2 Å². The van der Waals surface area contributed by atoms with Gasteiger partial charge in [0.2, 0.25) is 0 Å². The average Bonchev–Trinajstić information content (AvgIpc) is 2.96. The zero-order valence-corrected chi connectivity index (χ0v) is 17.6. The Balaban J connectivity index is 2.09. The van der Waals surface area contributed by atoms with Crippen molar-refractivity contribution < 1.29 is 13.9 Å². The largest absolute Gasteiger partial charge is 0.383 e. The molecule has 2 heterocycles. The van der Waals surface area contributed by atoms with E-state index >= 15 is 0 Å². The zero-order valence-electron chi connectivity index (χ0n) is 16.7. The summed E-state index contributed by atoms with van der Waals surface area (Å²) in [5.41, 5.74) is 3.48. The second-order valence-electron chi connectivity index (χ2n) is 7.01. The molecule has 0 radical (unpaired) electrons. The van der Waals surface area contributed by atoms with Crippen LogP contribution in [-0.4, -0.2) is 47.5 Å². The van der Waals surface area contributed by atoms with Crippen molar-refractivity contribution in [1.29, 1.82) is 0 Å². The van der Waals surface area contributed by atoms with Crippen LogP contribution in [0.1, 0.15) is 25.0 Å². The van der Waals surface area contributed by atoms with Crippen LogP contribution in [0.2, 0.25) is 0 Å². The van der Waals surface area contributed by atoms with E-state index in [4.69, 9.17) is 17.4 Å². The Bertz CT molecular complexity index is 915. The smallest absolute Gasteiger partial charge is 0.153 e. The number of halogens is 1. The Kier molecular flexibility index (Phi) is 6.44. The number of benzene rings is 1. The summed E-state index contributed by atoms with van der Waals surface area (Å²) in [5, 5.41) is 6.47. The van der Waals surface area contributed by atoms with Crippen LogP contribution in [0.4, 0.5) is 10.2 Å². The van der Waals surface area contributed by atoms with E-state index in [1.165, 1.54) is 19.1 Å². The van der Waals surface area contributed by atoms with Crippen LogP contribution in [0.5, 0.6) is 0 Å². The van der Waals surface area contributed by atoms with Crippen molar-refractivity contribution in [3.63, 3.8) is 0 Å². The normalized spacial score (nSPS) is 18.7. The summed E-state index contributed by atoms with van der Waals surface area (Å²) in [4.78, 5) is 17.0. The predicted octanol–water partition coefficient (Wildman–Crippen LogP) is 3.20. The average molecular weight is 417 g/mol. The maximum absolute atomic E-state index is 13.5. The van der Waals surface area contributed by atoms with E-state index in [2.05, 4.69) is 20.5 Å². The Morgan fingerprint density at radius 1 is 1.31 bits per heavy atom. The third kappa shape index (κ3) is 4.89. The molecule has 1 atom stereocenters. The molecule has 3 rings (SSSR count). The number of hydrogen-bond acceptors (Lipinski definition) is 7. The minimum Gasteiger partial charge on any atom is -0.383 e. The second-order valence-corrected chi connectivity index (χ2v) is 7.88. The van der Waals surface area contributed by atoms with E-state index in [0.29, 0.717) is 19.0 Å². The quantitative estimate of drug-likeness (QED) is 0.575. The number of Topliss-reactive ketones (excluding diaryl/α,β-unsaturated/α-hetero) is 1. The van der Waals surface area contributed by atoms with Crippen molar-refractivity contribution in [3.8, 4) is 0 Å². The summed E-state index contributed by atoms with van der Waals surface area (Å²) in [5.74, 6) is 0.331. The van der Waals surface area contributed by atoms with E-state index in [1.807, 2.05) is 19.1 Å². The molecule has 1 aliphatic heterocycles. The highest BCUT2D eigenvalue weighted by Gasteiger charge is 2.39. The lowest BCUT2D eigenvalue weighted by Crippen LogP contribution is -2.46. The van der Waals surface area contributed by atoms with Gasteiger partial charge in [-0.25, -0.2) is 9.37 Å². The Morgan fingerprint density at radius 2 is 2.03 bits per heavy atom. The summed E-state index contributed by atoms with van der Waals surface area (Å²) in [6, 6.07) is 10.1. The van der Waals surface area contributed by atoms with Crippen LogP contribution in [0.25, 0.3) is 11.4 Å². The zero-order chi connectivity index (χ0) is 21.0. The summed E-state index contributed by atoms with van der Waals surface area (Å²) in [6.07, 6.45) is 1.69. The number of rotatable bonds is 8. The summed E-state index contributed by atoms with van der Waals surface area (Å²) < 4.78 is 18.8. The fourth-order valence-electron chi connectivity index (χ4n) is 3.24. The first-order valence-corrected chi connectivity index (χ1v) is 9.73. The Hall–Kier alpha value is -2.58. The van der Waals surface area contributed by atoms with E-state index in [-0.39, 0.29) is 18.1 Å². The van der Waals surface area contributed by atoms with Crippen molar-refractivity contribution in [2.75, 3.05) is 32.1 Å². The van der Waals surface area contributed by atoms with Gasteiger partial charge < -0.3 is 20.3 Å². The van der Waals surface area contributed by atoms with E-state index in [9.17, 15) is 9.18 Å². The molecule has 6 nitrogen and oxygen atoms in total. The molecule has 1 aliphatic rings. The highest BCUT2D eigenvalue weighted by Crippen LogP contribution is 2.41. The molecule has 154 valence electrons. The van der Waals surface area contributed by atoms with Gasteiger partial charge in [0.05, 0.1) is 24.5 Å². The molecule has 0 aliphatic carbocycles. The number of thiol groups is 1. The minimum absolute atomic E-state index is 0.0237. The fourth-order valence-corrected chi connectivity index (χ4v) is 3.56. The molecule has 0 fully saturated rings. The van der Waals surface area contributed by atoms with Crippen LogP contribution in [0.3, 0.4) is 0 Å². The lowest BCUT2D eigenvalue weighted by atomic mass is 10.1. The maximum atomic E-state index is 13.5. The van der Waals surface area contributed by atoms with Gasteiger partial charge in [0.15, 0.2) is 4.99 Å². The number of anilines is 1. The van der Waals surface area contributed by atoms with Crippen LogP contribution >= 0.6 is 12.6 Å². The first kappa shape index (κ1) is 21.1. The molecule has 0 bridgehead atoms. The van der Waals surface area contributed by atoms with E-state index in [0.717, 1.165) is 22.5 Å². The molecular weight excluding hydrogens is 391 g/mol. The summed E-state index contributed by atoms with van der Waals surface area (Å²) >= 11 is 4.82. The van der Waals surface area contributed by atoms with Gasteiger partial charge >= 0.3 is 0 Å². The van der Waals surface area contributed by atoms with Crippen molar-refractivity contribution >= 4 is 35.6 Å². The van der Waals surface area contributed by atoms with E-state index < -0.39 is 4.99 Å². The molecule has 0 saturated carbocycles. The number of nitrogens with zero attached hydrogens (tertiary/aromatic N) is 2. The van der Waals surface area contributed by atoms with Crippen LogP contribution in [-0.2, 0) is 9.53 Å². The summed E-state index contributed by atoms with van der Waals surface area (Å²) in [7, 11) is 1.65. The number of pyridine rings is 1. The first-order valence-electron chi connectivity index (χ1n) is 9.29. The molecule has 29 heavy (non-hydrogen) atoms. The molecule has 1 aromatic heterocycles. The van der Waals surface area contributed by atoms with Gasteiger partial charge in [-0.1, -0.05) is 0 Å². The first-order chi connectivity index (χ1) is 13.8. The molecule has 0 spiro atoms. The summed E-state index contributed by atoms with van der Waals surface area (Å²) in [6.45, 7) is 4.79. The monoisotopic (exact) mass is 416 g/mol. The molecule has 8 heteroatoms. The SMILES string of the molecule is COCCN1C(c2ccnc(NCC(C)=O)c2)=C(c2ccc(F)cc2)NC1(C)S. The third-order valence-electron chi connectivity index (χ3n) is 4.60. The number of ketones is 1. The minimum atomic E-state index is -0.673. The van der Waals surface area contributed by atoms with Crippen LogP contribution < -0.4 is 10.6 Å². The number of carbonyl (C=O) groups is 1. The van der Waals surface area contributed by atoms with E-state index in [1.54, 1.807) is 25.4 Å². The highest BCUT2D eigenvalue weighted by molar-refractivity contribution is 7.81. The predicted molar refractivity (Wildman–Crippen MR) is 116 cm³/mol. The van der Waals surface area contributed by atoms with Gasteiger partial charge in [-0.2, -0.15) is 0 Å².